The predicted molar refractivity (Wildman–Crippen MR) is 68.2 cm³/mol. The average Bonchev–Trinajstić information content (AvgIpc) is 2.57. The van der Waals surface area contributed by atoms with Crippen molar-refractivity contribution in [3.8, 4) is 0 Å². The van der Waals surface area contributed by atoms with Gasteiger partial charge in [-0.15, -0.1) is 0 Å². The van der Waals surface area contributed by atoms with Crippen LogP contribution in [0.15, 0.2) is 35.5 Å². The molecule has 0 aromatic rings. The highest BCUT2D eigenvalue weighted by Gasteiger charge is 2.34. The maximum atomic E-state index is 3.64. The van der Waals surface area contributed by atoms with E-state index in [-0.39, 0.29) is 5.41 Å². The van der Waals surface area contributed by atoms with E-state index in [4.69, 9.17) is 0 Å². The molecule has 16 heavy (non-hydrogen) atoms. The van der Waals surface area contributed by atoms with Crippen LogP contribution in [0.25, 0.3) is 0 Å². The molecule has 0 spiro atoms. The summed E-state index contributed by atoms with van der Waals surface area (Å²) < 4.78 is 0. The zero-order chi connectivity index (χ0) is 11.2. The minimum atomic E-state index is 0.229. The molecule has 0 radical (unpaired) electrons. The molecule has 1 saturated carbocycles. The highest BCUT2D eigenvalue weighted by Crippen LogP contribution is 2.40. The van der Waals surface area contributed by atoms with E-state index in [1.807, 2.05) is 0 Å². The van der Waals surface area contributed by atoms with Gasteiger partial charge in [0.15, 0.2) is 0 Å². The molecule has 0 amide bonds. The second-order valence-corrected chi connectivity index (χ2v) is 6.06. The van der Waals surface area contributed by atoms with Gasteiger partial charge in [-0.25, -0.2) is 0 Å². The van der Waals surface area contributed by atoms with E-state index >= 15 is 0 Å². The van der Waals surface area contributed by atoms with Gasteiger partial charge in [0.1, 0.15) is 0 Å². The Hall–Kier alpha value is -0.820. The summed E-state index contributed by atoms with van der Waals surface area (Å²) in [7, 11) is 0. The maximum Gasteiger partial charge on any atom is 0.0139 e. The van der Waals surface area contributed by atoms with Crippen molar-refractivity contribution in [3.63, 3.8) is 0 Å². The number of fused-ring (bicyclic) bond motifs is 2. The van der Waals surface area contributed by atoms with E-state index in [9.17, 15) is 0 Å². The third-order valence-corrected chi connectivity index (χ3v) is 4.19. The smallest absolute Gasteiger partial charge is 0.0139 e. The Kier molecular flexibility index (Phi) is 2.32. The molecular formula is C15H21N. The Balaban J connectivity index is 1.93. The molecule has 0 aromatic carbocycles. The Morgan fingerprint density at radius 3 is 3.00 bits per heavy atom. The van der Waals surface area contributed by atoms with Crippen LogP contribution in [0.4, 0.5) is 0 Å². The lowest BCUT2D eigenvalue weighted by Gasteiger charge is -2.30. The Morgan fingerprint density at radius 2 is 2.12 bits per heavy atom. The number of hydrogen-bond acceptors (Lipinski definition) is 1. The zero-order valence-corrected chi connectivity index (χ0v) is 10.3. The van der Waals surface area contributed by atoms with E-state index in [0.717, 1.165) is 12.0 Å². The van der Waals surface area contributed by atoms with Crippen molar-refractivity contribution in [3.05, 3.63) is 35.5 Å². The van der Waals surface area contributed by atoms with Crippen molar-refractivity contribution in [2.24, 2.45) is 11.3 Å². The highest BCUT2D eigenvalue weighted by atomic mass is 15.0. The van der Waals surface area contributed by atoms with E-state index in [0.29, 0.717) is 0 Å². The third-order valence-electron chi connectivity index (χ3n) is 4.19. The SMILES string of the molecule is CC1(C)C=CC=C2CC3NCCC3CC2=C1. The zero-order valence-electron chi connectivity index (χ0n) is 10.3. The molecule has 3 aliphatic rings. The summed E-state index contributed by atoms with van der Waals surface area (Å²) in [6, 6.07) is 0.748. The number of allylic oxidation sites excluding steroid dienone is 5. The molecular weight excluding hydrogens is 194 g/mol. The summed E-state index contributed by atoms with van der Waals surface area (Å²) in [6.07, 6.45) is 13.3. The predicted octanol–water partition coefficient (Wildman–Crippen LogP) is 3.21. The quantitative estimate of drug-likeness (QED) is 0.654. The minimum Gasteiger partial charge on any atom is -0.313 e. The largest absolute Gasteiger partial charge is 0.313 e. The van der Waals surface area contributed by atoms with Crippen LogP contribution in [0.5, 0.6) is 0 Å². The van der Waals surface area contributed by atoms with Crippen LogP contribution in [-0.4, -0.2) is 12.6 Å². The van der Waals surface area contributed by atoms with E-state index in [1.54, 1.807) is 11.1 Å². The van der Waals surface area contributed by atoms with Gasteiger partial charge in [0.2, 0.25) is 0 Å². The van der Waals surface area contributed by atoms with Gasteiger partial charge in [-0.3, -0.25) is 0 Å². The van der Waals surface area contributed by atoms with Crippen LogP contribution in [0.1, 0.15) is 33.1 Å². The van der Waals surface area contributed by atoms with Crippen molar-refractivity contribution >= 4 is 0 Å². The van der Waals surface area contributed by atoms with E-state index in [1.165, 1.54) is 25.8 Å². The summed E-state index contributed by atoms with van der Waals surface area (Å²) in [5.74, 6) is 0.886. The lowest BCUT2D eigenvalue weighted by Crippen LogP contribution is -2.31. The van der Waals surface area contributed by atoms with E-state index < -0.39 is 0 Å². The van der Waals surface area contributed by atoms with Gasteiger partial charge < -0.3 is 5.32 Å². The maximum absolute atomic E-state index is 3.64. The molecule has 0 bridgehead atoms. The monoisotopic (exact) mass is 215 g/mol. The van der Waals surface area contributed by atoms with Crippen LogP contribution in [0.2, 0.25) is 0 Å². The number of rotatable bonds is 0. The molecule has 2 unspecified atom stereocenters. The molecule has 86 valence electrons. The lowest BCUT2D eigenvalue weighted by molar-refractivity contribution is 0.413. The summed E-state index contributed by atoms with van der Waals surface area (Å²) in [5, 5.41) is 3.64. The van der Waals surface area contributed by atoms with Gasteiger partial charge in [0, 0.05) is 11.5 Å². The van der Waals surface area contributed by atoms with Crippen molar-refractivity contribution in [2.45, 2.75) is 39.2 Å². The normalized spacial score (nSPS) is 35.9. The molecule has 1 heteroatoms. The average molecular weight is 215 g/mol. The molecule has 2 atom stereocenters. The minimum absolute atomic E-state index is 0.229. The highest BCUT2D eigenvalue weighted by molar-refractivity contribution is 5.42. The van der Waals surface area contributed by atoms with Crippen LogP contribution in [0, 0.1) is 11.3 Å². The van der Waals surface area contributed by atoms with Gasteiger partial charge in [-0.05, 0) is 42.9 Å². The first-order valence-corrected chi connectivity index (χ1v) is 6.48. The lowest BCUT2D eigenvalue weighted by atomic mass is 9.77. The van der Waals surface area contributed by atoms with Gasteiger partial charge in [-0.2, -0.15) is 0 Å². The molecule has 1 nitrogen and oxygen atoms in total. The summed E-state index contributed by atoms with van der Waals surface area (Å²) in [5.41, 5.74) is 3.41. The van der Waals surface area contributed by atoms with Crippen molar-refractivity contribution in [2.75, 3.05) is 6.54 Å². The fourth-order valence-corrected chi connectivity index (χ4v) is 3.32. The Labute approximate surface area is 98.3 Å². The van der Waals surface area contributed by atoms with Crippen molar-refractivity contribution in [1.82, 2.24) is 5.32 Å². The van der Waals surface area contributed by atoms with Crippen LogP contribution in [0.3, 0.4) is 0 Å². The van der Waals surface area contributed by atoms with Crippen molar-refractivity contribution in [1.29, 1.82) is 0 Å². The van der Waals surface area contributed by atoms with Crippen LogP contribution < -0.4 is 5.32 Å². The second kappa shape index (κ2) is 3.59. The fraction of sp³-hybridized carbons (Fsp3) is 0.600. The summed E-state index contributed by atoms with van der Waals surface area (Å²) >= 11 is 0. The summed E-state index contributed by atoms with van der Waals surface area (Å²) in [6.45, 7) is 5.81. The first kappa shape index (κ1) is 10.3. The molecule has 0 aromatic heterocycles. The molecule has 1 heterocycles. The van der Waals surface area contributed by atoms with Gasteiger partial charge in [0.05, 0.1) is 0 Å². The third kappa shape index (κ3) is 1.78. The Morgan fingerprint density at radius 1 is 1.25 bits per heavy atom. The second-order valence-electron chi connectivity index (χ2n) is 6.06. The molecule has 1 saturated heterocycles. The summed E-state index contributed by atoms with van der Waals surface area (Å²) in [4.78, 5) is 0. The van der Waals surface area contributed by atoms with Crippen LogP contribution >= 0.6 is 0 Å². The van der Waals surface area contributed by atoms with Crippen LogP contribution in [-0.2, 0) is 0 Å². The molecule has 1 aliphatic heterocycles. The van der Waals surface area contributed by atoms with E-state index in [2.05, 4.69) is 43.5 Å². The molecule has 2 aliphatic carbocycles. The number of nitrogens with one attached hydrogen (secondary N) is 1. The molecule has 2 fully saturated rings. The van der Waals surface area contributed by atoms with Gasteiger partial charge in [-0.1, -0.05) is 38.2 Å². The molecule has 1 N–H and O–H groups in total. The Bertz CT molecular complexity index is 384. The first-order chi connectivity index (χ1) is 7.64. The van der Waals surface area contributed by atoms with Crippen molar-refractivity contribution < 1.29 is 0 Å². The molecule has 3 rings (SSSR count). The first-order valence-electron chi connectivity index (χ1n) is 6.48. The number of hydrogen-bond donors (Lipinski definition) is 1. The fourth-order valence-electron chi connectivity index (χ4n) is 3.32. The van der Waals surface area contributed by atoms with Gasteiger partial charge in [0.25, 0.3) is 0 Å². The standard InChI is InChI=1S/C15H21N/c1-15(2)6-3-4-11-9-14-12(5-7-16-14)8-13(11)10-15/h3-4,6,10,12,14,16H,5,7-9H2,1-2H3. The van der Waals surface area contributed by atoms with Gasteiger partial charge >= 0.3 is 0 Å². The topological polar surface area (TPSA) is 12.0 Å².